The van der Waals surface area contributed by atoms with Crippen LogP contribution < -0.4 is 5.32 Å². The molecule has 4 nitrogen and oxygen atoms in total. The maximum atomic E-state index is 13.3. The van der Waals surface area contributed by atoms with Crippen LogP contribution in [0.4, 0.5) is 20.3 Å². The van der Waals surface area contributed by atoms with E-state index < -0.39 is 11.6 Å². The highest BCUT2D eigenvalue weighted by atomic mass is 19.1. The fraction of sp³-hybridized carbons (Fsp3) is 0. The van der Waals surface area contributed by atoms with E-state index in [0.29, 0.717) is 0 Å². The molecule has 0 radical (unpaired) electrons. The molecule has 0 spiro atoms. The smallest absolute Gasteiger partial charge is 0.183 e. The molecule has 1 N–H and O–H groups in total. The highest BCUT2D eigenvalue weighted by Crippen LogP contribution is 2.20. The van der Waals surface area contributed by atoms with Crippen molar-refractivity contribution in [2.24, 2.45) is 0 Å². The average Bonchev–Trinajstić information content (AvgIpc) is 2.33. The Balaban J connectivity index is 2.35. The van der Waals surface area contributed by atoms with E-state index in [0.717, 1.165) is 12.1 Å². The third-order valence-electron chi connectivity index (χ3n) is 1.99. The lowest BCUT2D eigenvalue weighted by atomic mass is 10.3. The van der Waals surface area contributed by atoms with Crippen LogP contribution >= 0.6 is 0 Å². The van der Waals surface area contributed by atoms with Crippen molar-refractivity contribution in [1.82, 2.24) is 9.97 Å². The van der Waals surface area contributed by atoms with Crippen molar-refractivity contribution in [3.8, 4) is 6.07 Å². The number of anilines is 2. The zero-order chi connectivity index (χ0) is 12.3. The lowest BCUT2D eigenvalue weighted by Crippen LogP contribution is -2.00. The average molecular weight is 232 g/mol. The van der Waals surface area contributed by atoms with Crippen molar-refractivity contribution in [3.05, 3.63) is 47.9 Å². The SMILES string of the molecule is N#Cc1nccnc1Nc1ccc(F)cc1F. The van der Waals surface area contributed by atoms with Crippen LogP contribution in [0.5, 0.6) is 0 Å². The summed E-state index contributed by atoms with van der Waals surface area (Å²) in [5, 5.41) is 11.3. The summed E-state index contributed by atoms with van der Waals surface area (Å²) in [7, 11) is 0. The minimum atomic E-state index is -0.764. The van der Waals surface area contributed by atoms with Crippen LogP contribution in [0, 0.1) is 23.0 Å². The Kier molecular flexibility index (Phi) is 2.92. The molecule has 2 rings (SSSR count). The van der Waals surface area contributed by atoms with Crippen molar-refractivity contribution in [1.29, 1.82) is 5.26 Å². The van der Waals surface area contributed by atoms with E-state index in [1.807, 2.05) is 6.07 Å². The van der Waals surface area contributed by atoms with Gasteiger partial charge in [-0.3, -0.25) is 0 Å². The van der Waals surface area contributed by atoms with Crippen molar-refractivity contribution >= 4 is 11.5 Å². The zero-order valence-corrected chi connectivity index (χ0v) is 8.48. The molecule has 0 aliphatic heterocycles. The largest absolute Gasteiger partial charge is 0.335 e. The quantitative estimate of drug-likeness (QED) is 0.863. The summed E-state index contributed by atoms with van der Waals surface area (Å²) in [4.78, 5) is 7.61. The molecule has 17 heavy (non-hydrogen) atoms. The number of hydrogen-bond acceptors (Lipinski definition) is 4. The summed E-state index contributed by atoms with van der Waals surface area (Å²) in [6, 6.07) is 4.88. The second-order valence-electron chi connectivity index (χ2n) is 3.11. The summed E-state index contributed by atoms with van der Waals surface area (Å²) in [5.41, 5.74) is 0.0691. The first kappa shape index (κ1) is 11.0. The molecule has 0 aliphatic rings. The molecule has 0 bridgehead atoms. The van der Waals surface area contributed by atoms with E-state index in [2.05, 4.69) is 15.3 Å². The molecule has 0 unspecified atom stereocenters. The van der Waals surface area contributed by atoms with E-state index >= 15 is 0 Å². The monoisotopic (exact) mass is 232 g/mol. The second kappa shape index (κ2) is 4.53. The summed E-state index contributed by atoms with van der Waals surface area (Å²) in [6.45, 7) is 0. The number of nitriles is 1. The van der Waals surface area contributed by atoms with Crippen LogP contribution in [-0.2, 0) is 0 Å². The maximum absolute atomic E-state index is 13.3. The highest BCUT2D eigenvalue weighted by molar-refractivity contribution is 5.60. The summed E-state index contributed by atoms with van der Waals surface area (Å²) < 4.78 is 26.0. The van der Waals surface area contributed by atoms with Gasteiger partial charge in [-0.05, 0) is 12.1 Å². The Morgan fingerprint density at radius 1 is 1.18 bits per heavy atom. The van der Waals surface area contributed by atoms with E-state index in [9.17, 15) is 8.78 Å². The Bertz CT molecular complexity index is 592. The lowest BCUT2D eigenvalue weighted by Gasteiger charge is -2.06. The molecular weight excluding hydrogens is 226 g/mol. The number of rotatable bonds is 2. The van der Waals surface area contributed by atoms with Crippen LogP contribution in [0.3, 0.4) is 0 Å². The maximum Gasteiger partial charge on any atom is 0.183 e. The summed E-state index contributed by atoms with van der Waals surface area (Å²) >= 11 is 0. The summed E-state index contributed by atoms with van der Waals surface area (Å²) in [5.74, 6) is -1.31. The molecular formula is C11H6F2N4. The Morgan fingerprint density at radius 2 is 1.94 bits per heavy atom. The van der Waals surface area contributed by atoms with E-state index in [4.69, 9.17) is 5.26 Å². The predicted octanol–water partition coefficient (Wildman–Crippen LogP) is 2.37. The first-order valence-electron chi connectivity index (χ1n) is 4.64. The Hall–Kier alpha value is -2.55. The Labute approximate surface area is 95.6 Å². The minimum absolute atomic E-state index is 0.0309. The molecule has 1 aromatic heterocycles. The molecule has 2 aromatic rings. The predicted molar refractivity (Wildman–Crippen MR) is 56.4 cm³/mol. The third-order valence-corrected chi connectivity index (χ3v) is 1.99. The number of benzene rings is 1. The first-order valence-corrected chi connectivity index (χ1v) is 4.64. The van der Waals surface area contributed by atoms with Crippen LogP contribution in [0.1, 0.15) is 5.69 Å². The van der Waals surface area contributed by atoms with Gasteiger partial charge in [0.1, 0.15) is 17.7 Å². The first-order chi connectivity index (χ1) is 8.20. The van der Waals surface area contributed by atoms with Gasteiger partial charge >= 0.3 is 0 Å². The highest BCUT2D eigenvalue weighted by Gasteiger charge is 2.08. The summed E-state index contributed by atoms with van der Waals surface area (Å²) in [6.07, 6.45) is 2.72. The number of aromatic nitrogens is 2. The van der Waals surface area contributed by atoms with Crippen LogP contribution in [0.2, 0.25) is 0 Å². The van der Waals surface area contributed by atoms with Crippen molar-refractivity contribution in [2.75, 3.05) is 5.32 Å². The van der Waals surface area contributed by atoms with Crippen LogP contribution in [0.25, 0.3) is 0 Å². The number of halogens is 2. The number of hydrogen-bond donors (Lipinski definition) is 1. The van der Waals surface area contributed by atoms with Gasteiger partial charge in [0.2, 0.25) is 0 Å². The normalized spacial score (nSPS) is 9.71. The molecule has 0 fully saturated rings. The van der Waals surface area contributed by atoms with Gasteiger partial charge in [-0.25, -0.2) is 18.7 Å². The van der Waals surface area contributed by atoms with Gasteiger partial charge in [-0.2, -0.15) is 5.26 Å². The topological polar surface area (TPSA) is 61.6 Å². The molecule has 84 valence electrons. The van der Waals surface area contributed by atoms with Gasteiger partial charge in [0, 0.05) is 18.5 Å². The van der Waals surface area contributed by atoms with E-state index in [-0.39, 0.29) is 17.2 Å². The van der Waals surface area contributed by atoms with Gasteiger partial charge in [-0.15, -0.1) is 0 Å². The minimum Gasteiger partial charge on any atom is -0.335 e. The van der Waals surface area contributed by atoms with Crippen molar-refractivity contribution in [3.63, 3.8) is 0 Å². The van der Waals surface area contributed by atoms with E-state index in [1.165, 1.54) is 18.5 Å². The van der Waals surface area contributed by atoms with Crippen LogP contribution in [-0.4, -0.2) is 9.97 Å². The van der Waals surface area contributed by atoms with Gasteiger partial charge in [0.25, 0.3) is 0 Å². The molecule has 0 atom stereocenters. The standard InChI is InChI=1S/C11H6F2N4/c12-7-1-2-9(8(13)5-7)17-11-10(6-14)15-3-4-16-11/h1-5H,(H,16,17). The number of nitrogens with zero attached hydrogens (tertiary/aromatic N) is 3. The molecule has 0 saturated heterocycles. The Morgan fingerprint density at radius 3 is 2.65 bits per heavy atom. The number of nitrogens with one attached hydrogen (secondary N) is 1. The molecule has 6 heteroatoms. The fourth-order valence-electron chi connectivity index (χ4n) is 1.23. The lowest BCUT2D eigenvalue weighted by molar-refractivity contribution is 0.586. The third kappa shape index (κ3) is 2.34. The van der Waals surface area contributed by atoms with E-state index in [1.54, 1.807) is 0 Å². The van der Waals surface area contributed by atoms with Crippen molar-refractivity contribution < 1.29 is 8.78 Å². The molecule has 1 heterocycles. The van der Waals surface area contributed by atoms with Gasteiger partial charge < -0.3 is 5.32 Å². The van der Waals surface area contributed by atoms with Gasteiger partial charge in [0.15, 0.2) is 11.5 Å². The van der Waals surface area contributed by atoms with Gasteiger partial charge in [-0.1, -0.05) is 0 Å². The molecule has 0 aliphatic carbocycles. The van der Waals surface area contributed by atoms with Gasteiger partial charge in [0.05, 0.1) is 5.69 Å². The molecule has 1 aromatic carbocycles. The molecule has 0 amide bonds. The zero-order valence-electron chi connectivity index (χ0n) is 8.48. The second-order valence-corrected chi connectivity index (χ2v) is 3.11. The molecule has 0 saturated carbocycles. The van der Waals surface area contributed by atoms with Crippen LogP contribution in [0.15, 0.2) is 30.6 Å². The fourth-order valence-corrected chi connectivity index (χ4v) is 1.23. The van der Waals surface area contributed by atoms with Crippen molar-refractivity contribution in [2.45, 2.75) is 0 Å².